The molecule has 0 aromatic heterocycles. The molecular weight excluding hydrogens is 357 g/mol. The minimum absolute atomic E-state index is 0.0397. The monoisotopic (exact) mass is 383 g/mol. The number of carbonyl (C=O) groups is 2. The van der Waals surface area contributed by atoms with Crippen molar-refractivity contribution in [3.63, 3.8) is 0 Å². The van der Waals surface area contributed by atoms with E-state index in [1.165, 1.54) is 18.2 Å². The highest BCUT2D eigenvalue weighted by Crippen LogP contribution is 2.32. The number of benzene rings is 2. The van der Waals surface area contributed by atoms with E-state index in [1.807, 2.05) is 37.3 Å². The maximum atomic E-state index is 14.1. The summed E-state index contributed by atoms with van der Waals surface area (Å²) in [7, 11) is 0. The zero-order chi connectivity index (χ0) is 20.1. The van der Waals surface area contributed by atoms with Gasteiger partial charge in [-0.1, -0.05) is 43.2 Å². The first-order chi connectivity index (χ1) is 13.3. The predicted octanol–water partition coefficient (Wildman–Crippen LogP) is 3.85. The number of carbonyl (C=O) groups excluding carboxylic acids is 2. The number of rotatable bonds is 5. The zero-order valence-electron chi connectivity index (χ0n) is 16.0. The molecule has 0 spiro atoms. The van der Waals surface area contributed by atoms with E-state index in [-0.39, 0.29) is 29.8 Å². The number of nitrogens with two attached hydrogens (primary N) is 1. The van der Waals surface area contributed by atoms with Crippen molar-refractivity contribution >= 4 is 23.2 Å². The maximum absolute atomic E-state index is 14.1. The van der Waals surface area contributed by atoms with Crippen LogP contribution in [0.5, 0.6) is 0 Å². The summed E-state index contributed by atoms with van der Waals surface area (Å²) in [6.45, 7) is 1.90. The Morgan fingerprint density at radius 2 is 1.89 bits per heavy atom. The van der Waals surface area contributed by atoms with Crippen LogP contribution in [0.25, 0.3) is 0 Å². The van der Waals surface area contributed by atoms with Gasteiger partial charge in [0.25, 0.3) is 0 Å². The fourth-order valence-electron chi connectivity index (χ4n) is 3.69. The van der Waals surface area contributed by atoms with Gasteiger partial charge in [-0.2, -0.15) is 0 Å². The SMILES string of the molecule is CC1(N)CCCCC1C(=O)Nc1ccc(F)c(NC(=O)Cc2ccccc2)c1. The lowest BCUT2D eigenvalue weighted by molar-refractivity contribution is -0.122. The molecule has 148 valence electrons. The average Bonchev–Trinajstić information content (AvgIpc) is 2.64. The van der Waals surface area contributed by atoms with Gasteiger partial charge >= 0.3 is 0 Å². The van der Waals surface area contributed by atoms with Gasteiger partial charge in [0, 0.05) is 11.2 Å². The van der Waals surface area contributed by atoms with Crippen molar-refractivity contribution in [1.82, 2.24) is 0 Å². The summed E-state index contributed by atoms with van der Waals surface area (Å²) < 4.78 is 14.1. The van der Waals surface area contributed by atoms with Gasteiger partial charge in [-0.05, 0) is 43.5 Å². The molecule has 3 rings (SSSR count). The number of nitrogens with one attached hydrogen (secondary N) is 2. The van der Waals surface area contributed by atoms with Crippen molar-refractivity contribution in [3.8, 4) is 0 Å². The average molecular weight is 383 g/mol. The second kappa shape index (κ2) is 8.52. The smallest absolute Gasteiger partial charge is 0.229 e. The molecule has 2 unspecified atom stereocenters. The molecule has 2 amide bonds. The summed E-state index contributed by atoms with van der Waals surface area (Å²) in [5.74, 6) is -1.34. The second-order valence-electron chi connectivity index (χ2n) is 7.70. The molecule has 1 saturated carbocycles. The predicted molar refractivity (Wildman–Crippen MR) is 108 cm³/mol. The van der Waals surface area contributed by atoms with Crippen molar-refractivity contribution in [2.45, 2.75) is 44.6 Å². The van der Waals surface area contributed by atoms with Gasteiger partial charge in [0.05, 0.1) is 18.0 Å². The Morgan fingerprint density at radius 3 is 2.61 bits per heavy atom. The van der Waals surface area contributed by atoms with Crippen LogP contribution in [0.15, 0.2) is 48.5 Å². The van der Waals surface area contributed by atoms with Crippen LogP contribution in [0.2, 0.25) is 0 Å². The highest BCUT2D eigenvalue weighted by atomic mass is 19.1. The van der Waals surface area contributed by atoms with Gasteiger partial charge in [0.1, 0.15) is 5.82 Å². The molecule has 4 N–H and O–H groups in total. The number of hydrogen-bond acceptors (Lipinski definition) is 3. The Morgan fingerprint density at radius 1 is 1.14 bits per heavy atom. The molecule has 2 aromatic rings. The Hall–Kier alpha value is -2.73. The second-order valence-corrected chi connectivity index (χ2v) is 7.70. The topological polar surface area (TPSA) is 84.2 Å². The summed E-state index contributed by atoms with van der Waals surface area (Å²) >= 11 is 0. The summed E-state index contributed by atoms with van der Waals surface area (Å²) in [6.07, 6.45) is 3.67. The third-order valence-electron chi connectivity index (χ3n) is 5.29. The van der Waals surface area contributed by atoms with E-state index in [0.29, 0.717) is 5.69 Å². The van der Waals surface area contributed by atoms with Crippen LogP contribution in [0.4, 0.5) is 15.8 Å². The van der Waals surface area contributed by atoms with Crippen LogP contribution < -0.4 is 16.4 Å². The zero-order valence-corrected chi connectivity index (χ0v) is 16.0. The lowest BCUT2D eigenvalue weighted by Gasteiger charge is -2.37. The molecule has 0 saturated heterocycles. The minimum Gasteiger partial charge on any atom is -0.326 e. The molecule has 2 atom stereocenters. The van der Waals surface area contributed by atoms with Crippen LogP contribution in [0.1, 0.15) is 38.2 Å². The van der Waals surface area contributed by atoms with Gasteiger partial charge < -0.3 is 16.4 Å². The number of hydrogen-bond donors (Lipinski definition) is 3. The highest BCUT2D eigenvalue weighted by molar-refractivity contribution is 5.96. The van der Waals surface area contributed by atoms with Crippen molar-refractivity contribution in [3.05, 3.63) is 59.9 Å². The fourth-order valence-corrected chi connectivity index (χ4v) is 3.69. The molecule has 1 aliphatic rings. The molecule has 5 nitrogen and oxygen atoms in total. The van der Waals surface area contributed by atoms with Crippen molar-refractivity contribution in [2.75, 3.05) is 10.6 Å². The first-order valence-electron chi connectivity index (χ1n) is 9.58. The number of anilines is 2. The Kier molecular flexibility index (Phi) is 6.09. The van der Waals surface area contributed by atoms with Gasteiger partial charge in [-0.15, -0.1) is 0 Å². The summed E-state index contributed by atoms with van der Waals surface area (Å²) in [6, 6.07) is 13.4. The van der Waals surface area contributed by atoms with E-state index in [9.17, 15) is 14.0 Å². The maximum Gasteiger partial charge on any atom is 0.229 e. The van der Waals surface area contributed by atoms with E-state index in [1.54, 1.807) is 0 Å². The van der Waals surface area contributed by atoms with E-state index < -0.39 is 11.4 Å². The van der Waals surface area contributed by atoms with Gasteiger partial charge in [0.15, 0.2) is 0 Å². The van der Waals surface area contributed by atoms with Crippen LogP contribution >= 0.6 is 0 Å². The Balaban J connectivity index is 1.67. The van der Waals surface area contributed by atoms with Gasteiger partial charge in [-0.25, -0.2) is 4.39 Å². The van der Waals surface area contributed by atoms with Gasteiger partial charge in [-0.3, -0.25) is 9.59 Å². The first-order valence-corrected chi connectivity index (χ1v) is 9.58. The van der Waals surface area contributed by atoms with E-state index in [4.69, 9.17) is 5.73 Å². The molecule has 0 radical (unpaired) electrons. The molecule has 1 fully saturated rings. The van der Waals surface area contributed by atoms with E-state index in [2.05, 4.69) is 10.6 Å². The third-order valence-corrected chi connectivity index (χ3v) is 5.29. The Bertz CT molecular complexity index is 852. The molecule has 2 aromatic carbocycles. The third kappa shape index (κ3) is 4.95. The summed E-state index contributed by atoms with van der Waals surface area (Å²) in [5.41, 5.74) is 7.06. The lowest BCUT2D eigenvalue weighted by atomic mass is 9.74. The standard InChI is InChI=1S/C22H26FN3O2/c1-22(24)12-6-5-9-17(22)21(28)25-16-10-11-18(23)19(14-16)26-20(27)13-15-7-3-2-4-8-15/h2-4,7-8,10-11,14,17H,5-6,9,12-13,24H2,1H3,(H,25,28)(H,26,27). The molecule has 0 aliphatic heterocycles. The van der Waals surface area contributed by atoms with E-state index in [0.717, 1.165) is 31.2 Å². The van der Waals surface area contributed by atoms with Crippen molar-refractivity contribution < 1.29 is 14.0 Å². The van der Waals surface area contributed by atoms with Gasteiger partial charge in [0.2, 0.25) is 11.8 Å². The highest BCUT2D eigenvalue weighted by Gasteiger charge is 2.37. The molecule has 1 aliphatic carbocycles. The quantitative estimate of drug-likeness (QED) is 0.733. The lowest BCUT2D eigenvalue weighted by Crippen LogP contribution is -2.51. The van der Waals surface area contributed by atoms with Crippen LogP contribution in [-0.2, 0) is 16.0 Å². The fraction of sp³-hybridized carbons (Fsp3) is 0.364. The number of halogens is 1. The molecule has 28 heavy (non-hydrogen) atoms. The van der Waals surface area contributed by atoms with Crippen LogP contribution in [0.3, 0.4) is 0 Å². The summed E-state index contributed by atoms with van der Waals surface area (Å²) in [4.78, 5) is 24.9. The first kappa shape index (κ1) is 20.0. The van der Waals surface area contributed by atoms with E-state index >= 15 is 0 Å². The molecule has 0 bridgehead atoms. The number of amides is 2. The molecule has 0 heterocycles. The van der Waals surface area contributed by atoms with Crippen molar-refractivity contribution in [1.29, 1.82) is 0 Å². The summed E-state index contributed by atoms with van der Waals surface area (Å²) in [5, 5.41) is 5.40. The molecule has 6 heteroatoms. The normalized spacial score (nSPS) is 21.8. The van der Waals surface area contributed by atoms with Crippen molar-refractivity contribution in [2.24, 2.45) is 11.7 Å². The largest absolute Gasteiger partial charge is 0.326 e. The Labute approximate surface area is 164 Å². The van der Waals surface area contributed by atoms with Crippen LogP contribution in [0, 0.1) is 11.7 Å². The minimum atomic E-state index is -0.555. The molecular formula is C22H26FN3O2. The van der Waals surface area contributed by atoms with Crippen LogP contribution in [-0.4, -0.2) is 17.4 Å².